The summed E-state index contributed by atoms with van der Waals surface area (Å²) in [6.07, 6.45) is 0.192. The van der Waals surface area contributed by atoms with Gasteiger partial charge in [0.25, 0.3) is 0 Å². The molecule has 1 amide bonds. The normalized spacial score (nSPS) is 13.3. The summed E-state index contributed by atoms with van der Waals surface area (Å²) < 4.78 is 6.81. The number of carbonyl (C=O) groups excluding carboxylic acids is 1. The number of hydroxylamine groups is 1. The van der Waals surface area contributed by atoms with E-state index >= 15 is 0 Å². The van der Waals surface area contributed by atoms with Crippen LogP contribution in [0.5, 0.6) is 0 Å². The lowest BCUT2D eigenvalue weighted by molar-refractivity contribution is -0.132. The number of benzene rings is 2. The third kappa shape index (κ3) is 5.96. The van der Waals surface area contributed by atoms with E-state index in [0.717, 1.165) is 15.6 Å². The fraction of sp³-hybridized carbons (Fsp3) is 0.316. The highest BCUT2D eigenvalue weighted by Gasteiger charge is 2.27. The first-order valence-electron chi connectivity index (χ1n) is 8.18. The molecule has 0 heterocycles. The first kappa shape index (κ1) is 21.2. The average Bonchev–Trinajstić information content (AvgIpc) is 2.61. The van der Waals surface area contributed by atoms with E-state index in [0.29, 0.717) is 23.1 Å². The molecule has 2 aromatic carbocycles. The van der Waals surface area contributed by atoms with Gasteiger partial charge in [0.1, 0.15) is 0 Å². The average molecular weight is 461 g/mol. The molecular weight excluding hydrogens is 441 g/mol. The van der Waals surface area contributed by atoms with Crippen molar-refractivity contribution in [1.29, 1.82) is 0 Å². The zero-order chi connectivity index (χ0) is 19.1. The molecule has 0 unspecified atom stereocenters. The highest BCUT2D eigenvalue weighted by molar-refractivity contribution is 9.10. The molecule has 0 saturated heterocycles. The Hall–Kier alpha value is -1.11. The molecule has 140 valence electrons. The number of carbonyl (C=O) groups is 1. The van der Waals surface area contributed by atoms with Crippen molar-refractivity contribution in [3.8, 4) is 0 Å². The van der Waals surface area contributed by atoms with E-state index in [4.69, 9.17) is 33.1 Å². The standard InChI is InChI=1S/C19H20BrCl2NO3/c1-2-26-18(11-19(24)23-25)16(12-3-6-14(20)7-4-12)9-13-5-8-15(21)10-17(13)22/h3-8,10,16,18,25H,2,9,11H2,1H3,(H,23,24)/t16-,18-/m1/s1. The topological polar surface area (TPSA) is 58.6 Å². The Morgan fingerprint density at radius 2 is 1.92 bits per heavy atom. The van der Waals surface area contributed by atoms with Crippen molar-refractivity contribution >= 4 is 45.0 Å². The summed E-state index contributed by atoms with van der Waals surface area (Å²) in [7, 11) is 0. The third-order valence-corrected chi connectivity index (χ3v) is 5.21. The van der Waals surface area contributed by atoms with Gasteiger partial charge in [0.15, 0.2) is 0 Å². The zero-order valence-electron chi connectivity index (χ0n) is 14.2. The van der Waals surface area contributed by atoms with Crippen molar-refractivity contribution in [2.24, 2.45) is 0 Å². The second-order valence-electron chi connectivity index (χ2n) is 5.83. The van der Waals surface area contributed by atoms with Crippen LogP contribution in [0.25, 0.3) is 0 Å². The molecule has 7 heteroatoms. The Kier molecular flexibility index (Phi) is 8.38. The molecule has 0 bridgehead atoms. The van der Waals surface area contributed by atoms with Gasteiger partial charge >= 0.3 is 0 Å². The van der Waals surface area contributed by atoms with E-state index in [2.05, 4.69) is 15.9 Å². The summed E-state index contributed by atoms with van der Waals surface area (Å²) in [6, 6.07) is 13.2. The third-order valence-electron chi connectivity index (χ3n) is 4.09. The van der Waals surface area contributed by atoms with Gasteiger partial charge in [-0.05, 0) is 48.7 Å². The molecule has 26 heavy (non-hydrogen) atoms. The van der Waals surface area contributed by atoms with Gasteiger partial charge in [0.2, 0.25) is 5.91 Å². The Balaban J connectivity index is 2.38. The number of ether oxygens (including phenoxy) is 1. The van der Waals surface area contributed by atoms with Crippen molar-refractivity contribution in [2.75, 3.05) is 6.61 Å². The molecule has 0 saturated carbocycles. The van der Waals surface area contributed by atoms with E-state index in [1.807, 2.05) is 37.3 Å². The Morgan fingerprint density at radius 3 is 2.50 bits per heavy atom. The quantitative estimate of drug-likeness (QED) is 0.410. The first-order valence-corrected chi connectivity index (χ1v) is 9.73. The minimum atomic E-state index is -0.493. The van der Waals surface area contributed by atoms with Gasteiger partial charge in [0.05, 0.1) is 12.5 Å². The van der Waals surface area contributed by atoms with Gasteiger partial charge in [-0.2, -0.15) is 0 Å². The van der Waals surface area contributed by atoms with Gasteiger partial charge < -0.3 is 4.74 Å². The van der Waals surface area contributed by atoms with Crippen LogP contribution in [-0.2, 0) is 16.0 Å². The second kappa shape index (κ2) is 10.3. The predicted octanol–water partition coefficient (Wildman–Crippen LogP) is 5.38. The molecule has 0 aliphatic rings. The summed E-state index contributed by atoms with van der Waals surface area (Å²) in [5, 5.41) is 10.0. The van der Waals surface area contributed by atoms with Crippen LogP contribution in [0.1, 0.15) is 30.4 Å². The summed E-state index contributed by atoms with van der Waals surface area (Å²) in [5.74, 6) is -0.619. The van der Waals surface area contributed by atoms with Gasteiger partial charge in [-0.25, -0.2) is 5.48 Å². The van der Waals surface area contributed by atoms with E-state index in [9.17, 15) is 4.79 Å². The van der Waals surface area contributed by atoms with Gasteiger partial charge in [0, 0.05) is 27.0 Å². The van der Waals surface area contributed by atoms with E-state index in [1.165, 1.54) is 0 Å². The number of rotatable bonds is 8. The van der Waals surface area contributed by atoms with E-state index in [1.54, 1.807) is 17.6 Å². The maximum absolute atomic E-state index is 11.8. The smallest absolute Gasteiger partial charge is 0.245 e. The molecule has 2 atom stereocenters. The molecule has 0 aliphatic carbocycles. The van der Waals surface area contributed by atoms with Crippen molar-refractivity contribution in [3.63, 3.8) is 0 Å². The monoisotopic (exact) mass is 459 g/mol. The van der Waals surface area contributed by atoms with Gasteiger partial charge in [-0.1, -0.05) is 57.3 Å². The predicted molar refractivity (Wildman–Crippen MR) is 107 cm³/mol. The minimum Gasteiger partial charge on any atom is -0.377 e. The lowest BCUT2D eigenvalue weighted by Crippen LogP contribution is -2.31. The summed E-state index contributed by atoms with van der Waals surface area (Å²) in [6.45, 7) is 2.32. The van der Waals surface area contributed by atoms with Crippen LogP contribution in [0.2, 0.25) is 10.0 Å². The lowest BCUT2D eigenvalue weighted by atomic mass is 9.85. The molecular formula is C19H20BrCl2NO3. The number of hydrogen-bond donors (Lipinski definition) is 2. The summed E-state index contributed by atoms with van der Waals surface area (Å²) in [5.41, 5.74) is 3.61. The lowest BCUT2D eigenvalue weighted by Gasteiger charge is -2.27. The molecule has 2 rings (SSSR count). The van der Waals surface area contributed by atoms with Crippen molar-refractivity contribution in [1.82, 2.24) is 5.48 Å². The summed E-state index contributed by atoms with van der Waals surface area (Å²) in [4.78, 5) is 11.8. The second-order valence-corrected chi connectivity index (χ2v) is 7.59. The first-order chi connectivity index (χ1) is 12.4. The number of nitrogens with one attached hydrogen (secondary N) is 1. The highest BCUT2D eigenvalue weighted by Crippen LogP contribution is 2.32. The molecule has 0 aromatic heterocycles. The number of hydrogen-bond acceptors (Lipinski definition) is 3. The SMILES string of the molecule is CCO[C@H](CC(=O)NO)[C@H](Cc1ccc(Cl)cc1Cl)c1ccc(Br)cc1. The van der Waals surface area contributed by atoms with Crippen LogP contribution in [0.3, 0.4) is 0 Å². The Morgan fingerprint density at radius 1 is 1.23 bits per heavy atom. The maximum Gasteiger partial charge on any atom is 0.245 e. The number of halogens is 3. The van der Waals surface area contributed by atoms with Crippen LogP contribution in [-0.4, -0.2) is 23.8 Å². The zero-order valence-corrected chi connectivity index (χ0v) is 17.3. The molecule has 0 aliphatic heterocycles. The Labute approximate surface area is 171 Å². The fourth-order valence-corrected chi connectivity index (χ4v) is 3.61. The van der Waals surface area contributed by atoms with Crippen LogP contribution < -0.4 is 5.48 Å². The van der Waals surface area contributed by atoms with Crippen LogP contribution in [0.15, 0.2) is 46.9 Å². The molecule has 4 nitrogen and oxygen atoms in total. The molecule has 0 fully saturated rings. The van der Waals surface area contributed by atoms with Gasteiger partial charge in [-0.3, -0.25) is 10.0 Å². The summed E-state index contributed by atoms with van der Waals surface area (Å²) >= 11 is 15.8. The number of amides is 1. The Bertz CT molecular complexity index is 740. The maximum atomic E-state index is 11.8. The molecule has 2 N–H and O–H groups in total. The molecule has 0 spiro atoms. The van der Waals surface area contributed by atoms with Crippen molar-refractivity contribution in [2.45, 2.75) is 31.8 Å². The molecule has 0 radical (unpaired) electrons. The van der Waals surface area contributed by atoms with Crippen LogP contribution in [0, 0.1) is 0 Å². The van der Waals surface area contributed by atoms with E-state index in [-0.39, 0.29) is 12.3 Å². The van der Waals surface area contributed by atoms with Crippen LogP contribution >= 0.6 is 39.1 Å². The largest absolute Gasteiger partial charge is 0.377 e. The highest BCUT2D eigenvalue weighted by atomic mass is 79.9. The fourth-order valence-electron chi connectivity index (χ4n) is 2.86. The van der Waals surface area contributed by atoms with Crippen molar-refractivity contribution in [3.05, 3.63) is 68.1 Å². The molecule has 2 aromatic rings. The minimum absolute atomic E-state index is 0.0380. The van der Waals surface area contributed by atoms with Crippen molar-refractivity contribution < 1.29 is 14.7 Å². The van der Waals surface area contributed by atoms with E-state index < -0.39 is 12.0 Å². The van der Waals surface area contributed by atoms with Crippen LogP contribution in [0.4, 0.5) is 0 Å². The van der Waals surface area contributed by atoms with Gasteiger partial charge in [-0.15, -0.1) is 0 Å².